The number of aromatic nitrogens is 1. The van der Waals surface area contributed by atoms with Crippen LogP contribution in [0.3, 0.4) is 0 Å². The molecule has 27 heavy (non-hydrogen) atoms. The van der Waals surface area contributed by atoms with Crippen molar-refractivity contribution in [2.24, 2.45) is 10.7 Å². The molecule has 0 spiro atoms. The summed E-state index contributed by atoms with van der Waals surface area (Å²) in [6, 6.07) is 9.21. The van der Waals surface area contributed by atoms with E-state index < -0.39 is 5.91 Å². The van der Waals surface area contributed by atoms with Crippen LogP contribution >= 0.6 is 24.0 Å². The number of carbonyl (C=O) groups excluding carboxylic acids is 1. The number of guanidine groups is 1. The standard InChI is InChI=1S/C18H24N6O2.HI/c1-20-18(21-12-14-3-2-4-15(11-14)17(19)25)24-8-6-23(7-9-24)13-16-5-10-26-22-16;/h2-5,10-11H,6-9,12-13H2,1H3,(H2,19,25)(H,20,21);1H. The minimum absolute atomic E-state index is 0. The molecule has 9 heteroatoms. The van der Waals surface area contributed by atoms with Crippen LogP contribution in [0.2, 0.25) is 0 Å². The van der Waals surface area contributed by atoms with Gasteiger partial charge in [0.25, 0.3) is 0 Å². The van der Waals surface area contributed by atoms with Crippen molar-refractivity contribution >= 4 is 35.8 Å². The van der Waals surface area contributed by atoms with Gasteiger partial charge < -0.3 is 20.5 Å². The van der Waals surface area contributed by atoms with Gasteiger partial charge in [0, 0.05) is 57.9 Å². The van der Waals surface area contributed by atoms with Gasteiger partial charge in [-0.3, -0.25) is 14.7 Å². The Morgan fingerprint density at radius 2 is 2.07 bits per heavy atom. The van der Waals surface area contributed by atoms with E-state index in [4.69, 9.17) is 10.3 Å². The first-order chi connectivity index (χ1) is 12.7. The summed E-state index contributed by atoms with van der Waals surface area (Å²) in [5, 5.41) is 7.32. The number of primary amides is 1. The lowest BCUT2D eigenvalue weighted by Crippen LogP contribution is -2.52. The molecular formula is C18H25IN6O2. The van der Waals surface area contributed by atoms with E-state index in [0.717, 1.165) is 49.9 Å². The number of nitrogens with one attached hydrogen (secondary N) is 1. The first kappa shape index (κ1) is 21.2. The molecule has 1 fully saturated rings. The highest BCUT2D eigenvalue weighted by molar-refractivity contribution is 14.0. The van der Waals surface area contributed by atoms with Crippen molar-refractivity contribution in [3.05, 3.63) is 53.4 Å². The molecule has 2 heterocycles. The molecule has 0 bridgehead atoms. The highest BCUT2D eigenvalue weighted by Gasteiger charge is 2.20. The molecule has 8 nitrogen and oxygen atoms in total. The first-order valence-corrected chi connectivity index (χ1v) is 8.61. The van der Waals surface area contributed by atoms with Gasteiger partial charge in [-0.1, -0.05) is 17.3 Å². The van der Waals surface area contributed by atoms with Gasteiger partial charge in [0.1, 0.15) is 6.26 Å². The largest absolute Gasteiger partial charge is 0.366 e. The maximum absolute atomic E-state index is 11.3. The monoisotopic (exact) mass is 484 g/mol. The molecule has 1 amide bonds. The van der Waals surface area contributed by atoms with Crippen LogP contribution in [0.15, 0.2) is 46.1 Å². The summed E-state index contributed by atoms with van der Waals surface area (Å²) in [5.74, 6) is 0.440. The third-order valence-electron chi connectivity index (χ3n) is 4.42. The Kier molecular flexibility index (Phi) is 8.04. The van der Waals surface area contributed by atoms with Crippen molar-refractivity contribution in [1.29, 1.82) is 0 Å². The number of rotatable bonds is 5. The van der Waals surface area contributed by atoms with Gasteiger partial charge in [-0.15, -0.1) is 24.0 Å². The van der Waals surface area contributed by atoms with Crippen molar-refractivity contribution in [1.82, 2.24) is 20.3 Å². The summed E-state index contributed by atoms with van der Waals surface area (Å²) < 4.78 is 4.88. The number of amides is 1. The predicted octanol–water partition coefficient (Wildman–Crippen LogP) is 1.28. The lowest BCUT2D eigenvalue weighted by atomic mass is 10.1. The molecule has 146 valence electrons. The topological polar surface area (TPSA) is 100.0 Å². The molecule has 0 atom stereocenters. The third-order valence-corrected chi connectivity index (χ3v) is 4.42. The third kappa shape index (κ3) is 5.93. The molecule has 1 aliphatic rings. The molecule has 0 radical (unpaired) electrons. The maximum atomic E-state index is 11.3. The lowest BCUT2D eigenvalue weighted by molar-refractivity contribution is 0.1000. The van der Waals surface area contributed by atoms with Crippen LogP contribution in [0, 0.1) is 0 Å². The number of hydrogen-bond acceptors (Lipinski definition) is 5. The number of aliphatic imine (C=N–C) groups is 1. The molecule has 1 saturated heterocycles. The number of nitrogens with zero attached hydrogens (tertiary/aromatic N) is 4. The first-order valence-electron chi connectivity index (χ1n) is 8.61. The molecule has 1 aromatic carbocycles. The van der Waals surface area contributed by atoms with Crippen LogP contribution in [-0.4, -0.2) is 60.0 Å². The van der Waals surface area contributed by atoms with E-state index >= 15 is 0 Å². The fraction of sp³-hybridized carbons (Fsp3) is 0.389. The Balaban J connectivity index is 0.00000261. The Bertz CT molecular complexity index is 757. The molecule has 3 rings (SSSR count). The summed E-state index contributed by atoms with van der Waals surface area (Å²) >= 11 is 0. The van der Waals surface area contributed by atoms with Crippen molar-refractivity contribution in [3.8, 4) is 0 Å². The summed E-state index contributed by atoms with van der Waals surface area (Å²) in [6.45, 7) is 5.04. The lowest BCUT2D eigenvalue weighted by Gasteiger charge is -2.36. The zero-order valence-corrected chi connectivity index (χ0v) is 17.6. The second kappa shape index (κ2) is 10.3. The van der Waals surface area contributed by atoms with Crippen molar-refractivity contribution in [2.75, 3.05) is 33.2 Å². The van der Waals surface area contributed by atoms with Gasteiger partial charge in [-0.2, -0.15) is 0 Å². The molecular weight excluding hydrogens is 459 g/mol. The van der Waals surface area contributed by atoms with E-state index in [1.807, 2.05) is 18.2 Å². The fourth-order valence-corrected chi connectivity index (χ4v) is 3.01. The Labute approximate surface area is 175 Å². The molecule has 1 aliphatic heterocycles. The highest BCUT2D eigenvalue weighted by atomic mass is 127. The van der Waals surface area contributed by atoms with Crippen LogP contribution in [-0.2, 0) is 13.1 Å². The van der Waals surface area contributed by atoms with Crippen molar-refractivity contribution < 1.29 is 9.32 Å². The number of halogens is 1. The van der Waals surface area contributed by atoms with Crippen molar-refractivity contribution in [2.45, 2.75) is 13.1 Å². The number of carbonyl (C=O) groups is 1. The van der Waals surface area contributed by atoms with E-state index in [1.54, 1.807) is 25.4 Å². The molecule has 0 saturated carbocycles. The zero-order valence-electron chi connectivity index (χ0n) is 15.3. The van der Waals surface area contributed by atoms with Crippen LogP contribution < -0.4 is 11.1 Å². The predicted molar refractivity (Wildman–Crippen MR) is 114 cm³/mol. The quantitative estimate of drug-likeness (QED) is 0.377. The SMILES string of the molecule is CN=C(NCc1cccc(C(N)=O)c1)N1CCN(Cc2ccon2)CC1.I. The smallest absolute Gasteiger partial charge is 0.248 e. The van der Waals surface area contributed by atoms with Crippen molar-refractivity contribution in [3.63, 3.8) is 0 Å². The van der Waals surface area contributed by atoms with E-state index in [9.17, 15) is 4.79 Å². The van der Waals surface area contributed by atoms with Gasteiger partial charge in [-0.05, 0) is 17.7 Å². The van der Waals surface area contributed by atoms with Gasteiger partial charge in [0.05, 0.1) is 5.69 Å². The summed E-state index contributed by atoms with van der Waals surface area (Å²) in [7, 11) is 1.78. The minimum atomic E-state index is -0.417. The van der Waals surface area contributed by atoms with E-state index in [1.165, 1.54) is 0 Å². The summed E-state index contributed by atoms with van der Waals surface area (Å²) in [6.07, 6.45) is 1.60. The van der Waals surface area contributed by atoms with E-state index in [-0.39, 0.29) is 24.0 Å². The van der Waals surface area contributed by atoms with E-state index in [0.29, 0.717) is 12.1 Å². The van der Waals surface area contributed by atoms with Crippen LogP contribution in [0.4, 0.5) is 0 Å². The van der Waals surface area contributed by atoms with Crippen LogP contribution in [0.1, 0.15) is 21.6 Å². The number of piperazine rings is 1. The number of benzene rings is 1. The second-order valence-corrected chi connectivity index (χ2v) is 6.22. The zero-order chi connectivity index (χ0) is 18.4. The fourth-order valence-electron chi connectivity index (χ4n) is 3.01. The number of hydrogen-bond donors (Lipinski definition) is 2. The molecule has 0 aliphatic carbocycles. The average molecular weight is 484 g/mol. The average Bonchev–Trinajstić information content (AvgIpc) is 3.17. The molecule has 2 aromatic rings. The van der Waals surface area contributed by atoms with Gasteiger partial charge in [0.2, 0.25) is 5.91 Å². The normalized spacial score (nSPS) is 15.3. The highest BCUT2D eigenvalue weighted by Crippen LogP contribution is 2.08. The Hall–Kier alpha value is -2.14. The van der Waals surface area contributed by atoms with E-state index in [2.05, 4.69) is 25.3 Å². The van der Waals surface area contributed by atoms with Gasteiger partial charge in [-0.25, -0.2) is 0 Å². The molecule has 0 unspecified atom stereocenters. The molecule has 3 N–H and O–H groups in total. The Morgan fingerprint density at radius 3 is 2.70 bits per heavy atom. The van der Waals surface area contributed by atoms with Gasteiger partial charge in [0.15, 0.2) is 5.96 Å². The van der Waals surface area contributed by atoms with Gasteiger partial charge >= 0.3 is 0 Å². The summed E-state index contributed by atoms with van der Waals surface area (Å²) in [4.78, 5) is 20.3. The minimum Gasteiger partial charge on any atom is -0.366 e. The summed E-state index contributed by atoms with van der Waals surface area (Å²) in [5.41, 5.74) is 7.80. The Morgan fingerprint density at radius 1 is 1.30 bits per heavy atom. The van der Waals surface area contributed by atoms with Crippen LogP contribution in [0.25, 0.3) is 0 Å². The maximum Gasteiger partial charge on any atom is 0.248 e. The number of nitrogens with two attached hydrogens (primary N) is 1. The second-order valence-electron chi connectivity index (χ2n) is 6.22. The van der Waals surface area contributed by atoms with Crippen LogP contribution in [0.5, 0.6) is 0 Å². The molecule has 1 aromatic heterocycles.